The Morgan fingerprint density at radius 3 is 2.66 bits per heavy atom. The van der Waals surface area contributed by atoms with Crippen molar-refractivity contribution < 1.29 is 13.2 Å². The molecular formula is C20H26N4O3S2. The molecule has 1 atom stereocenters. The van der Waals surface area contributed by atoms with Gasteiger partial charge in [0.25, 0.3) is 5.91 Å². The first kappa shape index (κ1) is 20.4. The number of nitrogens with zero attached hydrogens (tertiary/aromatic N) is 3. The predicted octanol–water partition coefficient (Wildman–Crippen LogP) is 3.05. The highest BCUT2D eigenvalue weighted by molar-refractivity contribution is 7.88. The minimum absolute atomic E-state index is 0.199. The van der Waals surface area contributed by atoms with Gasteiger partial charge in [0.2, 0.25) is 10.0 Å². The number of anilines is 1. The number of carbonyl (C=O) groups excluding carboxylic acids is 1. The average Bonchev–Trinajstić information content (AvgIpc) is 3.09. The molecule has 2 aromatic rings. The number of aryl methyl sites for hydroxylation is 1. The van der Waals surface area contributed by atoms with Crippen LogP contribution in [-0.4, -0.2) is 47.9 Å². The van der Waals surface area contributed by atoms with E-state index >= 15 is 0 Å². The van der Waals surface area contributed by atoms with Gasteiger partial charge in [0.1, 0.15) is 0 Å². The zero-order valence-corrected chi connectivity index (χ0v) is 18.4. The van der Waals surface area contributed by atoms with E-state index in [4.69, 9.17) is 0 Å². The third-order valence-corrected chi connectivity index (χ3v) is 8.13. The maximum absolute atomic E-state index is 12.6. The Morgan fingerprint density at radius 1 is 1.24 bits per heavy atom. The smallest absolute Gasteiger partial charge is 0.259 e. The summed E-state index contributed by atoms with van der Waals surface area (Å²) in [6.07, 6.45) is 7.51. The van der Waals surface area contributed by atoms with Crippen LogP contribution in [-0.2, 0) is 22.9 Å². The standard InChI is InChI=1S/C20H26N4O3S2/c1-13-3-5-17-18(11-13)28-20(22-17)23-19(25)15-4-6-16(21-12-15)14-7-9-24(10-8-14)29(2,26)27/h4,6,12-14H,3,5,7-11H2,1-2H3,(H,22,23,25)/t13-/m0/s1. The van der Waals surface area contributed by atoms with Crippen molar-refractivity contribution in [1.82, 2.24) is 14.3 Å². The van der Waals surface area contributed by atoms with Gasteiger partial charge in [-0.3, -0.25) is 15.1 Å². The first-order valence-electron chi connectivity index (χ1n) is 10.0. The van der Waals surface area contributed by atoms with Gasteiger partial charge < -0.3 is 0 Å². The Bertz CT molecular complexity index is 993. The lowest BCUT2D eigenvalue weighted by Gasteiger charge is -2.29. The number of amides is 1. The summed E-state index contributed by atoms with van der Waals surface area (Å²) in [4.78, 5) is 22.9. The summed E-state index contributed by atoms with van der Waals surface area (Å²) in [5, 5.41) is 3.57. The number of fused-ring (bicyclic) bond motifs is 1. The molecule has 0 saturated carbocycles. The normalized spacial score (nSPS) is 21.0. The van der Waals surface area contributed by atoms with E-state index in [0.29, 0.717) is 29.7 Å². The van der Waals surface area contributed by atoms with Crippen molar-refractivity contribution in [1.29, 1.82) is 0 Å². The fraction of sp³-hybridized carbons (Fsp3) is 0.550. The highest BCUT2D eigenvalue weighted by Gasteiger charge is 2.26. The van der Waals surface area contributed by atoms with Gasteiger partial charge >= 0.3 is 0 Å². The predicted molar refractivity (Wildman–Crippen MR) is 114 cm³/mol. The van der Waals surface area contributed by atoms with E-state index in [9.17, 15) is 13.2 Å². The molecule has 4 rings (SSSR count). The van der Waals surface area contributed by atoms with Gasteiger partial charge in [-0.05, 0) is 50.2 Å². The van der Waals surface area contributed by atoms with Crippen molar-refractivity contribution in [2.24, 2.45) is 5.92 Å². The summed E-state index contributed by atoms with van der Waals surface area (Å²) in [6.45, 7) is 3.28. The third-order valence-electron chi connectivity index (χ3n) is 5.80. The molecule has 2 aromatic heterocycles. The molecule has 7 nitrogen and oxygen atoms in total. The molecule has 9 heteroatoms. The molecule has 1 saturated heterocycles. The molecule has 1 aliphatic carbocycles. The molecule has 0 aromatic carbocycles. The van der Waals surface area contributed by atoms with Crippen LogP contribution in [0.3, 0.4) is 0 Å². The van der Waals surface area contributed by atoms with Crippen molar-refractivity contribution in [3.8, 4) is 0 Å². The van der Waals surface area contributed by atoms with E-state index in [-0.39, 0.29) is 11.8 Å². The number of hydrogen-bond acceptors (Lipinski definition) is 6. The van der Waals surface area contributed by atoms with E-state index in [1.165, 1.54) is 15.4 Å². The van der Waals surface area contributed by atoms with Crippen molar-refractivity contribution in [3.05, 3.63) is 40.2 Å². The molecule has 1 fully saturated rings. The Balaban J connectivity index is 1.37. The zero-order chi connectivity index (χ0) is 20.6. The molecule has 2 aliphatic rings. The SMILES string of the molecule is C[C@H]1CCc2nc(NC(=O)c3ccc(C4CCN(S(C)(=O)=O)CC4)nc3)sc2C1. The van der Waals surface area contributed by atoms with E-state index in [0.717, 1.165) is 43.5 Å². The topological polar surface area (TPSA) is 92.3 Å². The zero-order valence-electron chi connectivity index (χ0n) is 16.7. The molecule has 1 N–H and O–H groups in total. The largest absolute Gasteiger partial charge is 0.298 e. The summed E-state index contributed by atoms with van der Waals surface area (Å²) in [5.41, 5.74) is 2.54. The van der Waals surface area contributed by atoms with Crippen LogP contribution in [0, 0.1) is 5.92 Å². The first-order valence-corrected chi connectivity index (χ1v) is 12.7. The second-order valence-electron chi connectivity index (χ2n) is 8.10. The maximum atomic E-state index is 12.6. The Hall–Kier alpha value is -1.84. The van der Waals surface area contributed by atoms with Crippen molar-refractivity contribution >= 4 is 32.4 Å². The first-order chi connectivity index (χ1) is 13.8. The average molecular weight is 435 g/mol. The fourth-order valence-electron chi connectivity index (χ4n) is 4.03. The Morgan fingerprint density at radius 2 is 2.00 bits per heavy atom. The number of carbonyl (C=O) groups is 1. The lowest BCUT2D eigenvalue weighted by atomic mass is 9.93. The molecule has 0 bridgehead atoms. The van der Waals surface area contributed by atoms with Gasteiger partial charge in [0, 0.05) is 35.8 Å². The van der Waals surface area contributed by atoms with Gasteiger partial charge in [-0.2, -0.15) is 0 Å². The molecule has 0 unspecified atom stereocenters. The van der Waals surface area contributed by atoms with E-state index in [1.807, 2.05) is 6.07 Å². The van der Waals surface area contributed by atoms with Gasteiger partial charge in [0.15, 0.2) is 5.13 Å². The monoisotopic (exact) mass is 434 g/mol. The summed E-state index contributed by atoms with van der Waals surface area (Å²) < 4.78 is 24.8. The number of rotatable bonds is 4. The van der Waals surface area contributed by atoms with Crippen LogP contribution in [0.2, 0.25) is 0 Å². The maximum Gasteiger partial charge on any atom is 0.259 e. The number of piperidine rings is 1. The summed E-state index contributed by atoms with van der Waals surface area (Å²) in [5.74, 6) is 0.695. The second kappa shape index (κ2) is 8.12. The summed E-state index contributed by atoms with van der Waals surface area (Å²) in [7, 11) is -3.13. The van der Waals surface area contributed by atoms with Crippen molar-refractivity contribution in [2.75, 3.05) is 24.7 Å². The lowest BCUT2D eigenvalue weighted by molar-refractivity contribution is 0.102. The van der Waals surface area contributed by atoms with Crippen LogP contribution >= 0.6 is 11.3 Å². The molecule has 29 heavy (non-hydrogen) atoms. The van der Waals surface area contributed by atoms with E-state index in [2.05, 4.69) is 22.2 Å². The van der Waals surface area contributed by atoms with Crippen LogP contribution in [0.25, 0.3) is 0 Å². The van der Waals surface area contributed by atoms with Crippen molar-refractivity contribution in [3.63, 3.8) is 0 Å². The molecule has 3 heterocycles. The van der Waals surface area contributed by atoms with E-state index in [1.54, 1.807) is 23.6 Å². The molecule has 1 aliphatic heterocycles. The number of hydrogen-bond donors (Lipinski definition) is 1. The lowest BCUT2D eigenvalue weighted by Crippen LogP contribution is -2.37. The van der Waals surface area contributed by atoms with Crippen LogP contribution in [0.4, 0.5) is 5.13 Å². The van der Waals surface area contributed by atoms with Crippen LogP contribution in [0.1, 0.15) is 58.7 Å². The molecule has 1 amide bonds. The van der Waals surface area contributed by atoms with Gasteiger partial charge in [-0.15, -0.1) is 11.3 Å². The molecule has 0 spiro atoms. The minimum atomic E-state index is -3.13. The number of thiazole rings is 1. The van der Waals surface area contributed by atoms with Crippen molar-refractivity contribution in [2.45, 2.75) is 44.9 Å². The van der Waals surface area contributed by atoms with Crippen LogP contribution in [0.5, 0.6) is 0 Å². The Labute approximate surface area is 175 Å². The van der Waals surface area contributed by atoms with Gasteiger partial charge in [0.05, 0.1) is 17.5 Å². The molecular weight excluding hydrogens is 408 g/mol. The molecule has 156 valence electrons. The summed E-state index contributed by atoms with van der Waals surface area (Å²) in [6, 6.07) is 3.67. The van der Waals surface area contributed by atoms with Crippen LogP contribution < -0.4 is 5.32 Å². The third kappa shape index (κ3) is 4.67. The molecule has 0 radical (unpaired) electrons. The van der Waals surface area contributed by atoms with Gasteiger partial charge in [-0.25, -0.2) is 17.7 Å². The quantitative estimate of drug-likeness (QED) is 0.798. The highest BCUT2D eigenvalue weighted by atomic mass is 32.2. The highest BCUT2D eigenvalue weighted by Crippen LogP contribution is 2.32. The minimum Gasteiger partial charge on any atom is -0.298 e. The number of sulfonamides is 1. The van der Waals surface area contributed by atoms with Crippen LogP contribution in [0.15, 0.2) is 18.3 Å². The summed E-state index contributed by atoms with van der Waals surface area (Å²) >= 11 is 1.57. The fourth-order valence-corrected chi connectivity index (χ4v) is 6.07. The second-order valence-corrected chi connectivity index (χ2v) is 11.2. The number of pyridine rings is 1. The number of nitrogens with one attached hydrogen (secondary N) is 1. The Kier molecular flexibility index (Phi) is 5.72. The van der Waals surface area contributed by atoms with Gasteiger partial charge in [-0.1, -0.05) is 6.92 Å². The van der Waals surface area contributed by atoms with E-state index < -0.39 is 10.0 Å². The number of aromatic nitrogens is 2.